The zero-order valence-corrected chi connectivity index (χ0v) is 23.6. The molecule has 0 aliphatic heterocycles. The van der Waals surface area contributed by atoms with Crippen molar-refractivity contribution < 1.29 is 0 Å². The maximum atomic E-state index is 2.51. The highest BCUT2D eigenvalue weighted by molar-refractivity contribution is 7.27. The molecule has 2 heteroatoms. The van der Waals surface area contributed by atoms with Gasteiger partial charge in [0.2, 0.25) is 0 Å². The van der Waals surface area contributed by atoms with Crippen LogP contribution in [0.5, 0.6) is 0 Å². The molecule has 7 aromatic carbocycles. The summed E-state index contributed by atoms with van der Waals surface area (Å²) in [7, 11) is 0. The average molecular weight is 552 g/mol. The van der Waals surface area contributed by atoms with Crippen molar-refractivity contribution in [1.29, 1.82) is 0 Å². The van der Waals surface area contributed by atoms with Crippen LogP contribution in [0, 0.1) is 0 Å². The van der Waals surface area contributed by atoms with Gasteiger partial charge in [0.05, 0.1) is 11.0 Å². The van der Waals surface area contributed by atoms with Gasteiger partial charge in [0.1, 0.15) is 0 Å². The fourth-order valence-corrected chi connectivity index (χ4v) is 7.97. The Morgan fingerprint density at radius 2 is 0.952 bits per heavy atom. The Balaban J connectivity index is 1.50. The number of rotatable bonds is 3. The van der Waals surface area contributed by atoms with E-state index in [0.717, 1.165) is 0 Å². The summed E-state index contributed by atoms with van der Waals surface area (Å²) in [5.41, 5.74) is 8.53. The fraction of sp³-hybridized carbons (Fsp3) is 0. The molecular weight excluding hydrogens is 527 g/mol. The molecule has 0 amide bonds. The number of hydrogen-bond donors (Lipinski definition) is 0. The fourth-order valence-electron chi connectivity index (χ4n) is 6.72. The van der Waals surface area contributed by atoms with Gasteiger partial charge in [-0.15, -0.1) is 11.3 Å². The van der Waals surface area contributed by atoms with E-state index in [4.69, 9.17) is 0 Å². The molecule has 0 unspecified atom stereocenters. The largest absolute Gasteiger partial charge is 0.309 e. The van der Waals surface area contributed by atoms with E-state index >= 15 is 0 Å². The van der Waals surface area contributed by atoms with Gasteiger partial charge in [0.15, 0.2) is 0 Å². The third-order valence-corrected chi connectivity index (χ3v) is 9.74. The van der Waals surface area contributed by atoms with E-state index < -0.39 is 0 Å². The van der Waals surface area contributed by atoms with Crippen LogP contribution in [0.4, 0.5) is 0 Å². The first-order chi connectivity index (χ1) is 20.8. The lowest BCUT2D eigenvalue weighted by Crippen LogP contribution is -1.96. The van der Waals surface area contributed by atoms with Crippen LogP contribution in [-0.4, -0.2) is 4.57 Å². The number of fused-ring (bicyclic) bond motifs is 10. The van der Waals surface area contributed by atoms with Crippen LogP contribution >= 0.6 is 11.3 Å². The quantitative estimate of drug-likeness (QED) is 0.206. The smallest absolute Gasteiger partial charge is 0.0626 e. The Bertz CT molecular complexity index is 2390. The summed E-state index contributed by atoms with van der Waals surface area (Å²) in [6.07, 6.45) is 0. The average Bonchev–Trinajstić information content (AvgIpc) is 3.62. The molecule has 9 rings (SSSR count). The first kappa shape index (κ1) is 23.5. The number of nitrogens with zero attached hydrogens (tertiary/aromatic N) is 1. The van der Waals surface area contributed by atoms with Crippen LogP contribution in [-0.2, 0) is 0 Å². The monoisotopic (exact) mass is 551 g/mol. The zero-order valence-electron chi connectivity index (χ0n) is 22.8. The normalized spacial score (nSPS) is 11.8. The van der Waals surface area contributed by atoms with Crippen LogP contribution in [0.1, 0.15) is 0 Å². The van der Waals surface area contributed by atoms with Crippen molar-refractivity contribution in [2.24, 2.45) is 0 Å². The summed E-state index contributed by atoms with van der Waals surface area (Å²) < 4.78 is 5.21. The van der Waals surface area contributed by atoms with Crippen LogP contribution in [0.25, 0.3) is 80.7 Å². The van der Waals surface area contributed by atoms with E-state index in [2.05, 4.69) is 156 Å². The lowest BCUT2D eigenvalue weighted by Gasteiger charge is -2.15. The number of hydrogen-bond acceptors (Lipinski definition) is 1. The molecule has 2 aromatic heterocycles. The summed E-state index contributed by atoms with van der Waals surface area (Å²) in [6.45, 7) is 0. The highest BCUT2D eigenvalue weighted by Crippen LogP contribution is 2.48. The Labute approximate surface area is 247 Å². The van der Waals surface area contributed by atoms with E-state index in [-0.39, 0.29) is 0 Å². The van der Waals surface area contributed by atoms with Crippen molar-refractivity contribution in [2.75, 3.05) is 0 Å². The summed E-state index contributed by atoms with van der Waals surface area (Å²) in [6, 6.07) is 55.3. The Kier molecular flexibility index (Phi) is 5.13. The number of thiophene rings is 1. The predicted molar refractivity (Wildman–Crippen MR) is 182 cm³/mol. The molecule has 0 aliphatic carbocycles. The molecule has 0 saturated carbocycles. The van der Waals surface area contributed by atoms with Crippen molar-refractivity contribution in [2.45, 2.75) is 0 Å². The van der Waals surface area contributed by atoms with E-state index in [0.29, 0.717) is 0 Å². The Morgan fingerprint density at radius 1 is 0.405 bits per heavy atom. The minimum Gasteiger partial charge on any atom is -0.309 e. The minimum absolute atomic E-state index is 1.17. The van der Waals surface area contributed by atoms with E-state index in [1.807, 2.05) is 11.3 Å². The minimum atomic E-state index is 1.17. The van der Waals surface area contributed by atoms with Gasteiger partial charge in [-0.25, -0.2) is 0 Å². The van der Waals surface area contributed by atoms with Crippen LogP contribution in [0.3, 0.4) is 0 Å². The van der Waals surface area contributed by atoms with Crippen molar-refractivity contribution in [3.63, 3.8) is 0 Å². The first-order valence-corrected chi connectivity index (χ1v) is 15.2. The van der Waals surface area contributed by atoms with E-state index in [1.54, 1.807) is 0 Å². The maximum Gasteiger partial charge on any atom is 0.0626 e. The third kappa shape index (κ3) is 3.43. The molecule has 196 valence electrons. The topological polar surface area (TPSA) is 4.93 Å². The molecule has 42 heavy (non-hydrogen) atoms. The molecule has 0 spiro atoms. The third-order valence-electron chi connectivity index (χ3n) is 8.54. The van der Waals surface area contributed by atoms with E-state index in [9.17, 15) is 0 Å². The van der Waals surface area contributed by atoms with Gasteiger partial charge in [-0.05, 0) is 52.6 Å². The number of para-hydroxylation sites is 1. The van der Waals surface area contributed by atoms with Crippen molar-refractivity contribution in [3.05, 3.63) is 152 Å². The van der Waals surface area contributed by atoms with Crippen LogP contribution in [0.15, 0.2) is 152 Å². The Hall–Kier alpha value is -5.18. The highest BCUT2D eigenvalue weighted by atomic mass is 32.1. The molecule has 1 nitrogen and oxygen atoms in total. The molecule has 0 fully saturated rings. The summed E-state index contributed by atoms with van der Waals surface area (Å²) in [5, 5.41) is 7.92. The van der Waals surface area contributed by atoms with Crippen molar-refractivity contribution in [3.8, 4) is 27.9 Å². The van der Waals surface area contributed by atoms with Gasteiger partial charge in [0, 0.05) is 47.4 Å². The summed E-state index contributed by atoms with van der Waals surface area (Å²) in [5.74, 6) is 0. The molecule has 2 heterocycles. The molecule has 0 bridgehead atoms. The summed E-state index contributed by atoms with van der Waals surface area (Å²) in [4.78, 5) is 0. The van der Waals surface area contributed by atoms with Gasteiger partial charge in [-0.1, -0.05) is 121 Å². The predicted octanol–water partition coefficient (Wildman–Crippen LogP) is 11.6. The van der Waals surface area contributed by atoms with Gasteiger partial charge in [-0.2, -0.15) is 0 Å². The molecular formula is C40H25NS. The van der Waals surface area contributed by atoms with Gasteiger partial charge in [-0.3, -0.25) is 0 Å². The van der Waals surface area contributed by atoms with Gasteiger partial charge in [0.25, 0.3) is 0 Å². The summed E-state index contributed by atoms with van der Waals surface area (Å²) >= 11 is 1.91. The van der Waals surface area contributed by atoms with Gasteiger partial charge < -0.3 is 4.57 Å². The van der Waals surface area contributed by atoms with Crippen molar-refractivity contribution in [1.82, 2.24) is 4.57 Å². The maximum absolute atomic E-state index is 2.51. The van der Waals surface area contributed by atoms with Crippen LogP contribution in [0.2, 0.25) is 0 Å². The van der Waals surface area contributed by atoms with Crippen LogP contribution < -0.4 is 0 Å². The molecule has 9 aromatic rings. The van der Waals surface area contributed by atoms with E-state index in [1.165, 1.54) is 80.7 Å². The Morgan fingerprint density at radius 3 is 1.64 bits per heavy atom. The van der Waals surface area contributed by atoms with Crippen molar-refractivity contribution >= 4 is 64.1 Å². The highest BCUT2D eigenvalue weighted by Gasteiger charge is 2.22. The molecule has 0 N–H and O–H groups in total. The first-order valence-electron chi connectivity index (χ1n) is 14.4. The zero-order chi connectivity index (χ0) is 27.6. The molecule has 0 saturated heterocycles. The molecule has 0 radical (unpaired) electrons. The lowest BCUT2D eigenvalue weighted by molar-refractivity contribution is 1.19. The lowest BCUT2D eigenvalue weighted by atomic mass is 9.97. The standard InChI is InChI=1S/C40H25NS/c1-3-13-26(14-4-1)28-23-29(27-15-5-2-6-16-27)25-30(24-28)41-35-21-11-9-19-33(35)37-38-34-20-10-12-22-36(34)42-40(38)32-18-8-7-17-31(32)39(37)41/h1-25H. The SMILES string of the molecule is c1ccc(-c2cc(-c3ccccc3)cc(-n3c4ccccc4c4c5c6ccccc6sc5c5ccccc5c43)c2)cc1. The molecule has 0 atom stereocenters. The second-order valence-electron chi connectivity index (χ2n) is 10.9. The second kappa shape index (κ2) is 9.17. The van der Waals surface area contributed by atoms with Gasteiger partial charge >= 0.3 is 0 Å². The number of benzene rings is 7. The number of aromatic nitrogens is 1. The second-order valence-corrected chi connectivity index (χ2v) is 12.0. The molecule has 0 aliphatic rings.